The van der Waals surface area contributed by atoms with Gasteiger partial charge in [0.15, 0.2) is 11.6 Å². The summed E-state index contributed by atoms with van der Waals surface area (Å²) in [6.45, 7) is 3.49. The van der Waals surface area contributed by atoms with E-state index in [4.69, 9.17) is 0 Å². The van der Waals surface area contributed by atoms with Crippen molar-refractivity contribution >= 4 is 11.7 Å². The van der Waals surface area contributed by atoms with Gasteiger partial charge in [0, 0.05) is 13.0 Å². The van der Waals surface area contributed by atoms with Crippen molar-refractivity contribution < 1.29 is 9.18 Å². The molecule has 2 aromatic heterocycles. The highest BCUT2D eigenvalue weighted by Gasteiger charge is 2.14. The summed E-state index contributed by atoms with van der Waals surface area (Å²) in [4.78, 5) is 17.5. The lowest BCUT2D eigenvalue weighted by atomic mass is 10.2. The van der Waals surface area contributed by atoms with Gasteiger partial charge in [-0.25, -0.2) is 9.37 Å². The van der Waals surface area contributed by atoms with Crippen LogP contribution in [0.5, 0.6) is 0 Å². The normalized spacial score (nSPS) is 11.1. The molecule has 0 aliphatic heterocycles. The standard InChI is InChI=1S/C12H18FN7O/c1-8(2)12-16-10(19(3)18-12)6-11(21)15-9-7-14-20(17-9)5-4-13/h7-8H,4-6H2,1-3H3,(H,15,17,21). The SMILES string of the molecule is CC(C)c1nc(CC(=O)Nc2cnn(CCF)n2)n(C)n1. The van der Waals surface area contributed by atoms with Gasteiger partial charge in [-0.3, -0.25) is 9.48 Å². The summed E-state index contributed by atoms with van der Waals surface area (Å²) in [6, 6.07) is 0. The van der Waals surface area contributed by atoms with Gasteiger partial charge in [-0.15, -0.1) is 5.10 Å². The number of nitrogens with one attached hydrogen (secondary N) is 1. The fourth-order valence-corrected chi connectivity index (χ4v) is 1.71. The zero-order valence-electron chi connectivity index (χ0n) is 12.2. The van der Waals surface area contributed by atoms with Crippen molar-refractivity contribution in [3.8, 4) is 0 Å². The number of aryl methyl sites for hydroxylation is 2. The first kappa shape index (κ1) is 15.1. The van der Waals surface area contributed by atoms with Gasteiger partial charge in [0.2, 0.25) is 5.91 Å². The van der Waals surface area contributed by atoms with E-state index in [0.29, 0.717) is 17.5 Å². The number of nitrogens with zero attached hydrogens (tertiary/aromatic N) is 6. The Bertz CT molecular complexity index is 619. The van der Waals surface area contributed by atoms with Crippen LogP contribution in [0.15, 0.2) is 6.20 Å². The highest BCUT2D eigenvalue weighted by atomic mass is 19.1. The van der Waals surface area contributed by atoms with E-state index in [9.17, 15) is 9.18 Å². The van der Waals surface area contributed by atoms with Gasteiger partial charge < -0.3 is 5.32 Å². The Morgan fingerprint density at radius 3 is 2.81 bits per heavy atom. The number of carbonyl (C=O) groups is 1. The molecule has 0 aliphatic rings. The highest BCUT2D eigenvalue weighted by molar-refractivity contribution is 5.90. The van der Waals surface area contributed by atoms with Crippen LogP contribution in [0.4, 0.5) is 10.2 Å². The molecule has 1 amide bonds. The van der Waals surface area contributed by atoms with Gasteiger partial charge in [0.25, 0.3) is 0 Å². The maximum absolute atomic E-state index is 12.1. The number of amides is 1. The molecule has 0 saturated carbocycles. The van der Waals surface area contributed by atoms with Crippen LogP contribution >= 0.6 is 0 Å². The summed E-state index contributed by atoms with van der Waals surface area (Å²) in [7, 11) is 1.75. The molecule has 0 bridgehead atoms. The van der Waals surface area contributed by atoms with Crippen molar-refractivity contribution in [1.82, 2.24) is 29.8 Å². The van der Waals surface area contributed by atoms with Crippen LogP contribution in [-0.2, 0) is 24.8 Å². The average Bonchev–Trinajstić information content (AvgIpc) is 2.98. The van der Waals surface area contributed by atoms with Crippen molar-refractivity contribution in [3.05, 3.63) is 17.8 Å². The summed E-state index contributed by atoms with van der Waals surface area (Å²) in [5.41, 5.74) is 0. The van der Waals surface area contributed by atoms with Gasteiger partial charge in [-0.1, -0.05) is 13.8 Å². The molecule has 2 aromatic rings. The lowest BCUT2D eigenvalue weighted by Gasteiger charge is -2.00. The Morgan fingerprint density at radius 1 is 1.43 bits per heavy atom. The largest absolute Gasteiger partial charge is 0.307 e. The van der Waals surface area contributed by atoms with Crippen molar-refractivity contribution in [2.24, 2.45) is 7.05 Å². The minimum atomic E-state index is -0.557. The second kappa shape index (κ2) is 6.42. The van der Waals surface area contributed by atoms with Crippen molar-refractivity contribution in [2.75, 3.05) is 12.0 Å². The molecule has 8 nitrogen and oxygen atoms in total. The molecule has 0 atom stereocenters. The van der Waals surface area contributed by atoms with Crippen LogP contribution < -0.4 is 5.32 Å². The average molecular weight is 295 g/mol. The molecule has 0 unspecified atom stereocenters. The van der Waals surface area contributed by atoms with Crippen LogP contribution in [-0.4, -0.2) is 42.3 Å². The molecule has 114 valence electrons. The van der Waals surface area contributed by atoms with Gasteiger partial charge in [-0.2, -0.15) is 15.0 Å². The van der Waals surface area contributed by atoms with E-state index in [1.807, 2.05) is 13.8 Å². The Kier molecular flexibility index (Phi) is 4.61. The van der Waals surface area contributed by atoms with Crippen molar-refractivity contribution in [3.63, 3.8) is 0 Å². The summed E-state index contributed by atoms with van der Waals surface area (Å²) < 4.78 is 13.7. The maximum atomic E-state index is 12.1. The predicted molar refractivity (Wildman–Crippen MR) is 73.4 cm³/mol. The summed E-state index contributed by atoms with van der Waals surface area (Å²) in [5.74, 6) is 1.50. The zero-order chi connectivity index (χ0) is 15.4. The number of hydrogen-bond acceptors (Lipinski definition) is 5. The number of anilines is 1. The monoisotopic (exact) mass is 295 g/mol. The van der Waals surface area contributed by atoms with E-state index in [0.717, 1.165) is 0 Å². The van der Waals surface area contributed by atoms with E-state index in [2.05, 4.69) is 25.6 Å². The molecular weight excluding hydrogens is 277 g/mol. The van der Waals surface area contributed by atoms with Gasteiger partial charge in [-0.05, 0) is 0 Å². The third-order valence-electron chi connectivity index (χ3n) is 2.79. The molecule has 9 heteroatoms. The van der Waals surface area contributed by atoms with E-state index in [-0.39, 0.29) is 24.8 Å². The fraction of sp³-hybridized carbons (Fsp3) is 0.583. The lowest BCUT2D eigenvalue weighted by molar-refractivity contribution is -0.115. The second-order valence-electron chi connectivity index (χ2n) is 4.90. The quantitative estimate of drug-likeness (QED) is 0.846. The lowest BCUT2D eigenvalue weighted by Crippen LogP contribution is -2.17. The fourth-order valence-electron chi connectivity index (χ4n) is 1.71. The number of carbonyl (C=O) groups excluding carboxylic acids is 1. The molecule has 0 aliphatic carbocycles. The van der Waals surface area contributed by atoms with Gasteiger partial charge in [0.05, 0.1) is 19.2 Å². The minimum absolute atomic E-state index is 0.0664. The first-order chi connectivity index (χ1) is 9.99. The molecule has 0 saturated heterocycles. The molecule has 0 aromatic carbocycles. The first-order valence-corrected chi connectivity index (χ1v) is 6.65. The Hall–Kier alpha value is -2.32. The van der Waals surface area contributed by atoms with Crippen LogP contribution in [0.3, 0.4) is 0 Å². The molecular formula is C12H18FN7O. The summed E-state index contributed by atoms with van der Waals surface area (Å²) in [6.07, 6.45) is 1.47. The third-order valence-corrected chi connectivity index (χ3v) is 2.79. The number of halogens is 1. The number of hydrogen-bond donors (Lipinski definition) is 1. The smallest absolute Gasteiger partial charge is 0.233 e. The number of aromatic nitrogens is 6. The Balaban J connectivity index is 1.97. The van der Waals surface area contributed by atoms with Crippen LogP contribution in [0.2, 0.25) is 0 Å². The van der Waals surface area contributed by atoms with Gasteiger partial charge >= 0.3 is 0 Å². The van der Waals surface area contributed by atoms with Crippen molar-refractivity contribution in [1.29, 1.82) is 0 Å². The molecule has 0 fully saturated rings. The van der Waals surface area contributed by atoms with Crippen LogP contribution in [0, 0.1) is 0 Å². The highest BCUT2D eigenvalue weighted by Crippen LogP contribution is 2.10. The maximum Gasteiger partial charge on any atom is 0.233 e. The Morgan fingerprint density at radius 2 is 2.19 bits per heavy atom. The third kappa shape index (κ3) is 3.83. The van der Waals surface area contributed by atoms with E-state index in [1.54, 1.807) is 11.7 Å². The van der Waals surface area contributed by atoms with Crippen LogP contribution in [0.1, 0.15) is 31.4 Å². The topological polar surface area (TPSA) is 90.5 Å². The molecule has 1 N–H and O–H groups in total. The molecule has 21 heavy (non-hydrogen) atoms. The molecule has 0 spiro atoms. The van der Waals surface area contributed by atoms with Crippen LogP contribution in [0.25, 0.3) is 0 Å². The number of alkyl halides is 1. The van der Waals surface area contributed by atoms with E-state index < -0.39 is 6.67 Å². The summed E-state index contributed by atoms with van der Waals surface area (Å²) in [5, 5.41) is 14.6. The second-order valence-corrected chi connectivity index (χ2v) is 4.90. The van der Waals surface area contributed by atoms with E-state index >= 15 is 0 Å². The zero-order valence-corrected chi connectivity index (χ0v) is 12.2. The molecule has 2 heterocycles. The Labute approximate surface area is 121 Å². The minimum Gasteiger partial charge on any atom is -0.307 e. The number of rotatable bonds is 6. The molecule has 0 radical (unpaired) electrons. The summed E-state index contributed by atoms with van der Waals surface area (Å²) >= 11 is 0. The van der Waals surface area contributed by atoms with E-state index in [1.165, 1.54) is 11.0 Å². The molecule has 2 rings (SSSR count). The van der Waals surface area contributed by atoms with Crippen molar-refractivity contribution in [2.45, 2.75) is 32.7 Å². The first-order valence-electron chi connectivity index (χ1n) is 6.65. The van der Waals surface area contributed by atoms with Gasteiger partial charge in [0.1, 0.15) is 12.5 Å². The predicted octanol–water partition coefficient (Wildman–Crippen LogP) is 0.681.